The van der Waals surface area contributed by atoms with Gasteiger partial charge >= 0.3 is 0 Å². The monoisotopic (exact) mass is 296 g/mol. The summed E-state index contributed by atoms with van der Waals surface area (Å²) < 4.78 is 4.36. The summed E-state index contributed by atoms with van der Waals surface area (Å²) in [7, 11) is 0. The lowest BCUT2D eigenvalue weighted by molar-refractivity contribution is -0.132. The molecule has 1 saturated heterocycles. The number of rotatable bonds is 3. The Morgan fingerprint density at radius 3 is 2.50 bits per heavy atom. The van der Waals surface area contributed by atoms with E-state index < -0.39 is 0 Å². The maximum Gasteiger partial charge on any atom is 0.244 e. The Morgan fingerprint density at radius 2 is 1.95 bits per heavy atom. The molecule has 0 spiro atoms. The number of hydrogen-bond acceptors (Lipinski definition) is 5. The van der Waals surface area contributed by atoms with Gasteiger partial charge in [0.15, 0.2) is 0 Å². The molecule has 6 heteroatoms. The Bertz CT molecular complexity index is 460. The molecule has 112 valence electrons. The van der Waals surface area contributed by atoms with Crippen LogP contribution in [0.15, 0.2) is 0 Å². The minimum atomic E-state index is -0.242. The number of nitrogens with one attached hydrogen (secondary N) is 1. The van der Waals surface area contributed by atoms with Crippen molar-refractivity contribution in [3.05, 3.63) is 5.82 Å². The second-order valence-corrected chi connectivity index (χ2v) is 7.18. The molecule has 1 fully saturated rings. The largest absolute Gasteiger partial charge is 0.349 e. The summed E-state index contributed by atoms with van der Waals surface area (Å²) in [5, 5.41) is 3.91. The van der Waals surface area contributed by atoms with E-state index in [-0.39, 0.29) is 17.4 Å². The van der Waals surface area contributed by atoms with Crippen LogP contribution in [0.1, 0.15) is 52.8 Å². The topological polar surface area (TPSA) is 58.1 Å². The van der Waals surface area contributed by atoms with E-state index >= 15 is 0 Å². The second-order valence-electron chi connectivity index (χ2n) is 6.43. The molecule has 1 atom stereocenters. The third kappa shape index (κ3) is 3.69. The van der Waals surface area contributed by atoms with Gasteiger partial charge in [0.2, 0.25) is 11.0 Å². The summed E-state index contributed by atoms with van der Waals surface area (Å²) in [5.74, 6) is 0.986. The first-order chi connectivity index (χ1) is 9.38. The average molecular weight is 296 g/mol. The summed E-state index contributed by atoms with van der Waals surface area (Å²) in [5.41, 5.74) is -0.0590. The molecule has 0 aliphatic carbocycles. The third-order valence-corrected chi connectivity index (χ3v) is 4.12. The quantitative estimate of drug-likeness (QED) is 0.931. The number of nitrogens with zero attached hydrogens (tertiary/aromatic N) is 3. The highest BCUT2D eigenvalue weighted by atomic mass is 32.1. The highest BCUT2D eigenvalue weighted by molar-refractivity contribution is 7.09. The number of piperidine rings is 1. The fourth-order valence-corrected chi connectivity index (χ4v) is 3.07. The van der Waals surface area contributed by atoms with Crippen LogP contribution >= 0.6 is 11.5 Å². The van der Waals surface area contributed by atoms with E-state index in [9.17, 15) is 4.79 Å². The lowest BCUT2D eigenvalue weighted by Crippen LogP contribution is -2.43. The zero-order valence-corrected chi connectivity index (χ0v) is 13.6. The zero-order valence-electron chi connectivity index (χ0n) is 12.8. The van der Waals surface area contributed by atoms with Crippen molar-refractivity contribution in [2.45, 2.75) is 58.4 Å². The van der Waals surface area contributed by atoms with Crippen LogP contribution in [0.25, 0.3) is 0 Å². The molecule has 1 aromatic rings. The average Bonchev–Trinajstić information content (AvgIpc) is 2.87. The van der Waals surface area contributed by atoms with Crippen LogP contribution in [0, 0.1) is 0 Å². The molecule has 0 aromatic carbocycles. The van der Waals surface area contributed by atoms with Crippen molar-refractivity contribution in [2.24, 2.45) is 0 Å². The van der Waals surface area contributed by atoms with Gasteiger partial charge in [0.25, 0.3) is 0 Å². The van der Waals surface area contributed by atoms with Gasteiger partial charge in [-0.3, -0.25) is 4.79 Å². The molecule has 1 aliphatic rings. The molecule has 0 saturated carbocycles. The molecule has 1 amide bonds. The van der Waals surface area contributed by atoms with Gasteiger partial charge in [-0.15, -0.1) is 0 Å². The predicted molar refractivity (Wildman–Crippen MR) is 82.1 cm³/mol. The van der Waals surface area contributed by atoms with Crippen LogP contribution in [-0.2, 0) is 10.2 Å². The Labute approximate surface area is 124 Å². The van der Waals surface area contributed by atoms with E-state index in [1.165, 1.54) is 18.0 Å². The molecular formula is C14H24N4OS. The SMILES string of the molecule is CC(Nc1nc(C(C)(C)C)ns1)C(=O)N1CCCCC1. The summed E-state index contributed by atoms with van der Waals surface area (Å²) >= 11 is 1.33. The molecule has 0 radical (unpaired) electrons. The van der Waals surface area contributed by atoms with Gasteiger partial charge in [0, 0.05) is 30.0 Å². The van der Waals surface area contributed by atoms with Crippen molar-refractivity contribution in [1.82, 2.24) is 14.3 Å². The summed E-state index contributed by atoms with van der Waals surface area (Å²) in [6, 6.07) is -0.242. The van der Waals surface area contributed by atoms with Crippen LogP contribution < -0.4 is 5.32 Å². The van der Waals surface area contributed by atoms with Gasteiger partial charge < -0.3 is 10.2 Å². The van der Waals surface area contributed by atoms with Crippen molar-refractivity contribution in [1.29, 1.82) is 0 Å². The van der Waals surface area contributed by atoms with Crippen LogP contribution in [0.2, 0.25) is 0 Å². The number of amides is 1. The zero-order chi connectivity index (χ0) is 14.8. The molecule has 5 nitrogen and oxygen atoms in total. The predicted octanol–water partition coefficient (Wildman–Crippen LogP) is 2.65. The van der Waals surface area contributed by atoms with Gasteiger partial charge in [-0.2, -0.15) is 4.37 Å². The Kier molecular flexibility index (Phi) is 4.62. The molecule has 2 heterocycles. The van der Waals surface area contributed by atoms with E-state index in [0.717, 1.165) is 36.9 Å². The maximum absolute atomic E-state index is 12.3. The fraction of sp³-hybridized carbons (Fsp3) is 0.786. The van der Waals surface area contributed by atoms with Crippen molar-refractivity contribution >= 4 is 22.6 Å². The highest BCUT2D eigenvalue weighted by Crippen LogP contribution is 2.23. The van der Waals surface area contributed by atoms with Crippen molar-refractivity contribution in [3.63, 3.8) is 0 Å². The fourth-order valence-electron chi connectivity index (χ4n) is 2.22. The molecule has 1 N–H and O–H groups in total. The lowest BCUT2D eigenvalue weighted by atomic mass is 9.96. The van der Waals surface area contributed by atoms with Crippen LogP contribution in [0.3, 0.4) is 0 Å². The number of anilines is 1. The van der Waals surface area contributed by atoms with E-state index in [1.54, 1.807) is 0 Å². The second kappa shape index (κ2) is 6.08. The van der Waals surface area contributed by atoms with Gasteiger partial charge in [0.05, 0.1) is 0 Å². The Balaban J connectivity index is 1.95. The van der Waals surface area contributed by atoms with Crippen LogP contribution in [-0.4, -0.2) is 39.3 Å². The summed E-state index contributed by atoms with van der Waals surface area (Å²) in [4.78, 5) is 18.8. The van der Waals surface area contributed by atoms with E-state index in [0.29, 0.717) is 0 Å². The van der Waals surface area contributed by atoms with Gasteiger partial charge in [-0.25, -0.2) is 4.98 Å². The van der Waals surface area contributed by atoms with E-state index in [4.69, 9.17) is 0 Å². The van der Waals surface area contributed by atoms with Gasteiger partial charge in [0.1, 0.15) is 11.9 Å². The van der Waals surface area contributed by atoms with Crippen LogP contribution in [0.4, 0.5) is 5.13 Å². The number of hydrogen-bond donors (Lipinski definition) is 1. The Morgan fingerprint density at radius 1 is 1.30 bits per heavy atom. The first kappa shape index (κ1) is 15.2. The minimum Gasteiger partial charge on any atom is -0.349 e. The van der Waals surface area contributed by atoms with Crippen LogP contribution in [0.5, 0.6) is 0 Å². The molecule has 1 unspecified atom stereocenters. The molecule has 2 rings (SSSR count). The number of carbonyl (C=O) groups is 1. The minimum absolute atomic E-state index is 0.0590. The summed E-state index contributed by atoms with van der Waals surface area (Å²) in [6.07, 6.45) is 3.47. The van der Waals surface area contributed by atoms with Crippen molar-refractivity contribution in [3.8, 4) is 0 Å². The molecule has 1 aromatic heterocycles. The molecule has 0 bridgehead atoms. The molecule has 20 heavy (non-hydrogen) atoms. The first-order valence-electron chi connectivity index (χ1n) is 7.27. The van der Waals surface area contributed by atoms with E-state index in [2.05, 4.69) is 35.4 Å². The van der Waals surface area contributed by atoms with Crippen molar-refractivity contribution < 1.29 is 4.79 Å². The van der Waals surface area contributed by atoms with Gasteiger partial charge in [-0.1, -0.05) is 20.8 Å². The standard InChI is InChI=1S/C14H24N4OS/c1-10(11(19)18-8-6-5-7-9-18)15-13-16-12(17-20-13)14(2,3)4/h10H,5-9H2,1-4H3,(H,15,16,17). The maximum atomic E-state index is 12.3. The number of carbonyl (C=O) groups excluding carboxylic acids is 1. The normalized spacial score (nSPS) is 17.9. The highest BCUT2D eigenvalue weighted by Gasteiger charge is 2.24. The third-order valence-electron chi connectivity index (χ3n) is 3.47. The van der Waals surface area contributed by atoms with Gasteiger partial charge in [-0.05, 0) is 26.2 Å². The van der Waals surface area contributed by atoms with Crippen molar-refractivity contribution in [2.75, 3.05) is 18.4 Å². The van der Waals surface area contributed by atoms with E-state index in [1.807, 2.05) is 11.8 Å². The smallest absolute Gasteiger partial charge is 0.244 e. The molecular weight excluding hydrogens is 272 g/mol. The Hall–Kier alpha value is -1.17. The number of aromatic nitrogens is 2. The molecule has 1 aliphatic heterocycles. The summed E-state index contributed by atoms with van der Waals surface area (Å²) in [6.45, 7) is 9.92. The first-order valence-corrected chi connectivity index (χ1v) is 8.05. The lowest BCUT2D eigenvalue weighted by Gasteiger charge is -2.29. The number of likely N-dealkylation sites (tertiary alicyclic amines) is 1.